The minimum absolute atomic E-state index is 0.0818. The molecule has 4 rings (SSSR count). The number of unbranched alkanes of at least 4 members (excludes halogenated alkanes) is 2. The van der Waals surface area contributed by atoms with Crippen molar-refractivity contribution in [3.05, 3.63) is 113 Å². The maximum absolute atomic E-state index is 16.7. The molecule has 0 radical (unpaired) electrons. The molecular weight excluding hydrogens is 812 g/mol. The molecule has 0 amide bonds. The zero-order chi connectivity index (χ0) is 46.8. The van der Waals surface area contributed by atoms with Gasteiger partial charge >= 0.3 is 17.9 Å². The van der Waals surface area contributed by atoms with E-state index in [9.17, 15) is 24.6 Å². The van der Waals surface area contributed by atoms with Gasteiger partial charge in [-0.1, -0.05) is 95.7 Å². The maximum atomic E-state index is 16.7. The zero-order valence-electron chi connectivity index (χ0n) is 39.0. The molecule has 3 aromatic rings. The normalized spacial score (nSPS) is 15.0. The van der Waals surface area contributed by atoms with Gasteiger partial charge in [-0.05, 0) is 141 Å². The first-order valence-corrected chi connectivity index (χ1v) is 23.1. The van der Waals surface area contributed by atoms with Crippen molar-refractivity contribution in [3.63, 3.8) is 0 Å². The van der Waals surface area contributed by atoms with Crippen molar-refractivity contribution in [3.8, 4) is 28.0 Å². The number of benzene rings is 3. The molecule has 9 nitrogen and oxygen atoms in total. The minimum Gasteiger partial charge on any atom is -0.492 e. The Kier molecular flexibility index (Phi) is 20.5. The van der Waals surface area contributed by atoms with Crippen molar-refractivity contribution < 1.29 is 47.9 Å². The Balaban J connectivity index is 1.73. The Bertz CT molecular complexity index is 2070. The van der Waals surface area contributed by atoms with E-state index in [2.05, 4.69) is 50.9 Å². The molecule has 0 atom stereocenters. The Hall–Kier alpha value is -5.06. The van der Waals surface area contributed by atoms with E-state index in [1.54, 1.807) is 19.9 Å². The first-order valence-electron chi connectivity index (χ1n) is 23.1. The summed E-state index contributed by atoms with van der Waals surface area (Å²) in [5, 5.41) is 21.0. The summed E-state index contributed by atoms with van der Waals surface area (Å²) in [5.74, 6) is -0.256. The van der Waals surface area contributed by atoms with E-state index in [-0.39, 0.29) is 43.1 Å². The summed E-state index contributed by atoms with van der Waals surface area (Å²) in [4.78, 5) is 36.9. The fourth-order valence-corrected chi connectivity index (χ4v) is 8.35. The maximum Gasteiger partial charge on any atom is 0.333 e. The highest BCUT2D eigenvalue weighted by Crippen LogP contribution is 2.41. The van der Waals surface area contributed by atoms with Gasteiger partial charge in [-0.15, -0.1) is 0 Å². The largest absolute Gasteiger partial charge is 0.492 e. The third-order valence-corrected chi connectivity index (χ3v) is 12.3. The second-order valence-electron chi connectivity index (χ2n) is 17.8. The van der Waals surface area contributed by atoms with Crippen LogP contribution >= 0.6 is 0 Å². The van der Waals surface area contributed by atoms with Crippen LogP contribution in [-0.4, -0.2) is 67.8 Å². The zero-order valence-corrected chi connectivity index (χ0v) is 39.0. The molecule has 1 aliphatic rings. The number of carbonyl (C=O) groups is 3. The van der Waals surface area contributed by atoms with Gasteiger partial charge in [0, 0.05) is 22.3 Å². The van der Waals surface area contributed by atoms with Crippen molar-refractivity contribution in [2.45, 2.75) is 124 Å². The van der Waals surface area contributed by atoms with E-state index in [0.717, 1.165) is 28.2 Å². The van der Waals surface area contributed by atoms with E-state index < -0.39 is 42.4 Å². The molecule has 0 aliphatic heterocycles. The highest BCUT2D eigenvalue weighted by molar-refractivity contribution is 5.87. The lowest BCUT2D eigenvalue weighted by Gasteiger charge is -2.31. The number of aryl methyl sites for hydroxylation is 1. The van der Waals surface area contributed by atoms with Crippen LogP contribution in [0, 0.1) is 17.2 Å². The van der Waals surface area contributed by atoms with E-state index in [0.29, 0.717) is 60.5 Å². The number of aliphatic hydroxyl groups is 2. The number of rotatable bonds is 26. The molecular formula is C54H71FO9. The summed E-state index contributed by atoms with van der Waals surface area (Å²) < 4.78 is 39.5. The highest BCUT2D eigenvalue weighted by Gasteiger charge is 2.34. The van der Waals surface area contributed by atoms with Gasteiger partial charge in [0.15, 0.2) is 0 Å². The number of carbonyl (C=O) groups excluding carboxylic acids is 3. The lowest BCUT2D eigenvalue weighted by atomic mass is 9.77. The quantitative estimate of drug-likeness (QED) is 0.0350. The Morgan fingerprint density at radius 1 is 0.688 bits per heavy atom. The molecule has 0 saturated heterocycles. The van der Waals surface area contributed by atoms with Gasteiger partial charge in [0.05, 0.1) is 31.8 Å². The number of aliphatic hydroxyl groups excluding tert-OH is 2. The lowest BCUT2D eigenvalue weighted by molar-refractivity contribution is -0.146. The molecule has 0 aromatic heterocycles. The van der Waals surface area contributed by atoms with E-state index in [4.69, 9.17) is 18.9 Å². The molecule has 10 heteroatoms. The van der Waals surface area contributed by atoms with Crippen LogP contribution in [0.3, 0.4) is 0 Å². The minimum atomic E-state index is -1.38. The van der Waals surface area contributed by atoms with Crippen LogP contribution in [0.2, 0.25) is 0 Å². The average Bonchev–Trinajstić information content (AvgIpc) is 3.29. The summed E-state index contributed by atoms with van der Waals surface area (Å²) in [6, 6.07) is 15.8. The van der Waals surface area contributed by atoms with Crippen molar-refractivity contribution >= 4 is 17.9 Å². The van der Waals surface area contributed by atoms with Crippen LogP contribution in [0.4, 0.5) is 4.39 Å². The van der Waals surface area contributed by atoms with E-state index >= 15 is 4.39 Å². The van der Waals surface area contributed by atoms with Gasteiger partial charge in [-0.2, -0.15) is 0 Å². The Morgan fingerprint density at radius 3 is 1.81 bits per heavy atom. The van der Waals surface area contributed by atoms with Crippen molar-refractivity contribution in [1.82, 2.24) is 0 Å². The molecule has 1 saturated carbocycles. The molecule has 3 aromatic carbocycles. The number of hydrogen-bond donors (Lipinski definition) is 2. The molecule has 0 unspecified atom stereocenters. The van der Waals surface area contributed by atoms with Crippen molar-refractivity contribution in [2.75, 3.05) is 39.6 Å². The predicted molar refractivity (Wildman–Crippen MR) is 252 cm³/mol. The second kappa shape index (κ2) is 25.4. The van der Waals surface area contributed by atoms with Crippen molar-refractivity contribution in [2.24, 2.45) is 11.3 Å². The molecule has 0 bridgehead atoms. The van der Waals surface area contributed by atoms with Crippen LogP contribution < -0.4 is 4.74 Å². The third-order valence-electron chi connectivity index (χ3n) is 12.3. The molecule has 1 fully saturated rings. The van der Waals surface area contributed by atoms with Crippen molar-refractivity contribution in [1.29, 1.82) is 0 Å². The molecule has 64 heavy (non-hydrogen) atoms. The summed E-state index contributed by atoms with van der Waals surface area (Å²) in [5.41, 5.74) is 5.64. The van der Waals surface area contributed by atoms with E-state index in [1.165, 1.54) is 63.9 Å². The SMILES string of the molecule is C=C(C)C(=O)OCCCc1cc(-c2ccc(-c3ccc(C4CCC(CCCCC)CC4)cc3)cc2F)c(CC)c(CCCOC(=O)C(=C)C)c1OCC(CO)(CO)COC(=O)C(=C)C. The molecule has 0 spiro atoms. The summed E-state index contributed by atoms with van der Waals surface area (Å²) in [7, 11) is 0. The summed E-state index contributed by atoms with van der Waals surface area (Å²) in [6.07, 6.45) is 12.2. The first kappa shape index (κ1) is 51.6. The average molecular weight is 883 g/mol. The Labute approximate surface area is 380 Å². The topological polar surface area (TPSA) is 129 Å². The van der Waals surface area contributed by atoms with Crippen LogP contribution in [0.25, 0.3) is 22.3 Å². The Morgan fingerprint density at radius 2 is 1.27 bits per heavy atom. The monoisotopic (exact) mass is 883 g/mol. The number of hydrogen-bond acceptors (Lipinski definition) is 9. The molecule has 2 N–H and O–H groups in total. The summed E-state index contributed by atoms with van der Waals surface area (Å²) in [6.45, 7) is 18.3. The molecule has 1 aliphatic carbocycles. The van der Waals surface area contributed by atoms with Gasteiger partial charge < -0.3 is 29.2 Å². The summed E-state index contributed by atoms with van der Waals surface area (Å²) >= 11 is 0. The second-order valence-corrected chi connectivity index (χ2v) is 17.8. The first-order chi connectivity index (χ1) is 30.7. The van der Waals surface area contributed by atoms with Gasteiger partial charge in [0.2, 0.25) is 0 Å². The lowest BCUT2D eigenvalue weighted by Crippen LogP contribution is -2.41. The molecule has 348 valence electrons. The van der Waals surface area contributed by atoms with Crippen LogP contribution in [0.15, 0.2) is 85.0 Å². The number of ether oxygens (including phenoxy) is 4. The number of halogens is 1. The number of esters is 3. The van der Waals surface area contributed by atoms with Gasteiger partial charge in [0.25, 0.3) is 0 Å². The molecule has 0 heterocycles. The standard InChI is InChI=1S/C54H71FO9/c1-9-11-12-15-39-18-20-40(21-19-39)41-22-24-42(25-23-41)43-26-27-46(49(55)31-43)48-30-44(16-13-28-61-51(58)36(3)4)50(47(45(48)10-2)17-14-29-62-52(59)37(5)6)63-34-54(32-56,33-57)35-64-53(60)38(7)8/h22-27,30-31,39-40,56-57H,3,5,7,9-21,28-29,32-35H2,1-2,4,6,8H3. The third kappa shape index (κ3) is 14.5. The van der Waals surface area contributed by atoms with E-state index in [1.807, 2.05) is 25.1 Å². The van der Waals surface area contributed by atoms with Crippen LogP contribution in [0.1, 0.15) is 127 Å². The fourth-order valence-electron chi connectivity index (χ4n) is 8.35. The van der Waals surface area contributed by atoms with Crippen LogP contribution in [0.5, 0.6) is 5.75 Å². The predicted octanol–water partition coefficient (Wildman–Crippen LogP) is 11.1. The van der Waals surface area contributed by atoms with Crippen LogP contribution in [-0.2, 0) is 47.9 Å². The smallest absolute Gasteiger partial charge is 0.333 e. The highest BCUT2D eigenvalue weighted by atomic mass is 19.1. The van der Waals surface area contributed by atoms with Gasteiger partial charge in [-0.25, -0.2) is 18.8 Å². The van der Waals surface area contributed by atoms with Gasteiger partial charge in [0.1, 0.15) is 24.8 Å². The van der Waals surface area contributed by atoms with Gasteiger partial charge in [-0.3, -0.25) is 0 Å². The fraction of sp³-hybridized carbons (Fsp3) is 0.500.